The Bertz CT molecular complexity index is 256. The van der Waals surface area contributed by atoms with E-state index in [0.717, 1.165) is 25.3 Å². The van der Waals surface area contributed by atoms with Crippen LogP contribution >= 0.6 is 0 Å². The summed E-state index contributed by atoms with van der Waals surface area (Å²) in [6.07, 6.45) is 1.96. The molecule has 2 N–H and O–H groups in total. The molecule has 1 atom stereocenters. The van der Waals surface area contributed by atoms with Gasteiger partial charge in [0.05, 0.1) is 5.69 Å². The summed E-state index contributed by atoms with van der Waals surface area (Å²) < 4.78 is 1.83. The number of aryl methyl sites for hydroxylation is 1. The minimum Gasteiger partial charge on any atom is -0.315 e. The van der Waals surface area contributed by atoms with Gasteiger partial charge in [-0.15, -0.1) is 0 Å². The van der Waals surface area contributed by atoms with Crippen LogP contribution < -0.4 is 10.6 Å². The zero-order valence-corrected chi connectivity index (χ0v) is 9.25. The summed E-state index contributed by atoms with van der Waals surface area (Å²) in [5.74, 6) is 0. The van der Waals surface area contributed by atoms with Crippen LogP contribution in [0, 0.1) is 0 Å². The molecule has 0 saturated carbocycles. The first-order valence-electron chi connectivity index (χ1n) is 5.15. The van der Waals surface area contributed by atoms with Crippen LogP contribution in [0.1, 0.15) is 19.5 Å². The van der Waals surface area contributed by atoms with Crippen LogP contribution in [0.2, 0.25) is 0 Å². The molecule has 0 aliphatic rings. The first-order valence-corrected chi connectivity index (χ1v) is 5.15. The molecule has 0 amide bonds. The summed E-state index contributed by atoms with van der Waals surface area (Å²) in [5, 5.41) is 11.0. The van der Waals surface area contributed by atoms with Crippen LogP contribution in [0.5, 0.6) is 0 Å². The molecular formula is C10H20N4. The molecule has 0 aromatic carbocycles. The fourth-order valence-corrected chi connectivity index (χ4v) is 1.27. The summed E-state index contributed by atoms with van der Waals surface area (Å²) in [6, 6.07) is 2.52. The van der Waals surface area contributed by atoms with Crippen molar-refractivity contribution in [2.45, 2.75) is 26.4 Å². The molecule has 0 spiro atoms. The summed E-state index contributed by atoms with van der Waals surface area (Å²) in [4.78, 5) is 0. The lowest BCUT2D eigenvalue weighted by molar-refractivity contribution is 0.503. The number of nitrogens with zero attached hydrogens (tertiary/aromatic N) is 2. The van der Waals surface area contributed by atoms with Crippen LogP contribution in [-0.4, -0.2) is 28.9 Å². The number of likely N-dealkylation sites (N-methyl/N-ethyl adjacent to an activating group) is 1. The molecule has 1 aromatic heterocycles. The Hall–Kier alpha value is -0.870. The second-order valence-electron chi connectivity index (χ2n) is 3.57. The van der Waals surface area contributed by atoms with Crippen LogP contribution in [-0.2, 0) is 13.6 Å². The van der Waals surface area contributed by atoms with E-state index >= 15 is 0 Å². The molecule has 1 rings (SSSR count). The predicted octanol–water partition coefficient (Wildman–Crippen LogP) is 0.508. The normalized spacial score (nSPS) is 13.1. The zero-order valence-electron chi connectivity index (χ0n) is 9.25. The molecule has 0 saturated heterocycles. The van der Waals surface area contributed by atoms with Crippen molar-refractivity contribution in [3.8, 4) is 0 Å². The summed E-state index contributed by atoms with van der Waals surface area (Å²) in [5.41, 5.74) is 1.09. The van der Waals surface area contributed by atoms with Crippen LogP contribution in [0.25, 0.3) is 0 Å². The second-order valence-corrected chi connectivity index (χ2v) is 3.57. The third-order valence-corrected chi connectivity index (χ3v) is 2.10. The molecule has 1 heterocycles. The number of rotatable bonds is 6. The van der Waals surface area contributed by atoms with E-state index < -0.39 is 0 Å². The average Bonchev–Trinajstić information content (AvgIpc) is 2.58. The molecule has 4 nitrogen and oxygen atoms in total. The van der Waals surface area contributed by atoms with Crippen LogP contribution in [0.4, 0.5) is 0 Å². The van der Waals surface area contributed by atoms with E-state index in [9.17, 15) is 0 Å². The fourth-order valence-electron chi connectivity index (χ4n) is 1.27. The van der Waals surface area contributed by atoms with Crippen molar-refractivity contribution in [2.75, 3.05) is 13.1 Å². The van der Waals surface area contributed by atoms with E-state index in [0.29, 0.717) is 6.04 Å². The van der Waals surface area contributed by atoms with E-state index in [1.807, 2.05) is 24.0 Å². The number of hydrogen-bond acceptors (Lipinski definition) is 3. The molecule has 0 radical (unpaired) electrons. The standard InChI is InChI=1S/C10H20N4/c1-4-11-7-9(2)12-8-10-5-6-14(3)13-10/h5-6,9,11-12H,4,7-8H2,1-3H3. The van der Waals surface area contributed by atoms with Gasteiger partial charge >= 0.3 is 0 Å². The topological polar surface area (TPSA) is 41.9 Å². The highest BCUT2D eigenvalue weighted by Gasteiger charge is 2.01. The third-order valence-electron chi connectivity index (χ3n) is 2.10. The average molecular weight is 196 g/mol. The van der Waals surface area contributed by atoms with Crippen molar-refractivity contribution in [3.63, 3.8) is 0 Å². The van der Waals surface area contributed by atoms with Crippen molar-refractivity contribution in [2.24, 2.45) is 7.05 Å². The number of aromatic nitrogens is 2. The molecule has 1 unspecified atom stereocenters. The second kappa shape index (κ2) is 5.78. The van der Waals surface area contributed by atoms with E-state index in [-0.39, 0.29) is 0 Å². The van der Waals surface area contributed by atoms with Gasteiger partial charge in [-0.25, -0.2) is 0 Å². The molecule has 14 heavy (non-hydrogen) atoms. The summed E-state index contributed by atoms with van der Waals surface area (Å²) in [7, 11) is 1.94. The minimum atomic E-state index is 0.483. The molecule has 0 aliphatic carbocycles. The molecule has 0 bridgehead atoms. The van der Waals surface area contributed by atoms with Gasteiger partial charge in [-0.05, 0) is 19.5 Å². The van der Waals surface area contributed by atoms with E-state index in [2.05, 4.69) is 29.6 Å². The van der Waals surface area contributed by atoms with Crippen molar-refractivity contribution >= 4 is 0 Å². The van der Waals surface area contributed by atoms with Gasteiger partial charge < -0.3 is 10.6 Å². The van der Waals surface area contributed by atoms with Crippen molar-refractivity contribution < 1.29 is 0 Å². The first kappa shape index (κ1) is 11.2. The molecule has 0 aliphatic heterocycles. The first-order chi connectivity index (χ1) is 6.72. The number of nitrogens with one attached hydrogen (secondary N) is 2. The molecule has 0 fully saturated rings. The van der Waals surface area contributed by atoms with E-state index in [1.165, 1.54) is 0 Å². The molecule has 80 valence electrons. The van der Waals surface area contributed by atoms with Gasteiger partial charge in [-0.2, -0.15) is 5.10 Å². The molecule has 1 aromatic rings. The highest BCUT2D eigenvalue weighted by Crippen LogP contribution is 1.93. The van der Waals surface area contributed by atoms with Gasteiger partial charge in [0.15, 0.2) is 0 Å². The Morgan fingerprint density at radius 1 is 1.57 bits per heavy atom. The zero-order chi connectivity index (χ0) is 10.4. The highest BCUT2D eigenvalue weighted by molar-refractivity contribution is 4.98. The smallest absolute Gasteiger partial charge is 0.0762 e. The van der Waals surface area contributed by atoms with Crippen LogP contribution in [0.3, 0.4) is 0 Å². The predicted molar refractivity (Wildman–Crippen MR) is 58.1 cm³/mol. The highest BCUT2D eigenvalue weighted by atomic mass is 15.3. The lowest BCUT2D eigenvalue weighted by atomic mass is 10.3. The van der Waals surface area contributed by atoms with Crippen molar-refractivity contribution in [1.82, 2.24) is 20.4 Å². The summed E-state index contributed by atoms with van der Waals surface area (Å²) in [6.45, 7) is 7.16. The Balaban J connectivity index is 2.20. The minimum absolute atomic E-state index is 0.483. The Labute approximate surface area is 85.7 Å². The van der Waals surface area contributed by atoms with Gasteiger partial charge in [-0.3, -0.25) is 4.68 Å². The largest absolute Gasteiger partial charge is 0.315 e. The van der Waals surface area contributed by atoms with E-state index in [1.54, 1.807) is 0 Å². The Morgan fingerprint density at radius 2 is 2.36 bits per heavy atom. The number of hydrogen-bond donors (Lipinski definition) is 2. The SMILES string of the molecule is CCNCC(C)NCc1ccn(C)n1. The fraction of sp³-hybridized carbons (Fsp3) is 0.700. The van der Waals surface area contributed by atoms with Gasteiger partial charge in [0, 0.05) is 32.4 Å². The maximum Gasteiger partial charge on any atom is 0.0762 e. The quantitative estimate of drug-likeness (QED) is 0.696. The van der Waals surface area contributed by atoms with Crippen molar-refractivity contribution in [3.05, 3.63) is 18.0 Å². The summed E-state index contributed by atoms with van der Waals surface area (Å²) >= 11 is 0. The maximum absolute atomic E-state index is 4.30. The van der Waals surface area contributed by atoms with Gasteiger partial charge in [0.25, 0.3) is 0 Å². The van der Waals surface area contributed by atoms with Gasteiger partial charge in [-0.1, -0.05) is 6.92 Å². The van der Waals surface area contributed by atoms with Gasteiger partial charge in [0.1, 0.15) is 0 Å². The maximum atomic E-state index is 4.30. The van der Waals surface area contributed by atoms with Gasteiger partial charge in [0.2, 0.25) is 0 Å². The van der Waals surface area contributed by atoms with Crippen LogP contribution in [0.15, 0.2) is 12.3 Å². The Morgan fingerprint density at radius 3 is 2.93 bits per heavy atom. The van der Waals surface area contributed by atoms with E-state index in [4.69, 9.17) is 0 Å². The Kier molecular flexibility index (Phi) is 4.62. The molecule has 4 heteroatoms. The lowest BCUT2D eigenvalue weighted by Crippen LogP contribution is -2.35. The third kappa shape index (κ3) is 3.89. The van der Waals surface area contributed by atoms with Crippen molar-refractivity contribution in [1.29, 1.82) is 0 Å². The molecular weight excluding hydrogens is 176 g/mol. The lowest BCUT2D eigenvalue weighted by Gasteiger charge is -2.12. The monoisotopic (exact) mass is 196 g/mol.